The molecule has 0 saturated heterocycles. The van der Waals surface area contributed by atoms with E-state index in [4.69, 9.17) is 16.3 Å². The highest BCUT2D eigenvalue weighted by Crippen LogP contribution is 2.23. The van der Waals surface area contributed by atoms with E-state index in [1.54, 1.807) is 6.07 Å². The number of hydrogen-bond acceptors (Lipinski definition) is 3. The number of carbonyl (C=O) groups is 1. The molecule has 24 heavy (non-hydrogen) atoms. The number of anilines is 2. The summed E-state index contributed by atoms with van der Waals surface area (Å²) in [4.78, 5) is 12.1. The van der Waals surface area contributed by atoms with Gasteiger partial charge in [-0.05, 0) is 49.2 Å². The Morgan fingerprint density at radius 1 is 1.25 bits per heavy atom. The molecular weight excluding hydrogens is 324 g/mol. The summed E-state index contributed by atoms with van der Waals surface area (Å²) in [5.41, 5.74) is 3.38. The van der Waals surface area contributed by atoms with E-state index in [2.05, 4.69) is 17.2 Å². The van der Waals surface area contributed by atoms with Gasteiger partial charge in [0, 0.05) is 22.5 Å². The third-order valence-corrected chi connectivity index (χ3v) is 3.72. The molecule has 0 bridgehead atoms. The van der Waals surface area contributed by atoms with Gasteiger partial charge in [-0.25, -0.2) is 0 Å². The summed E-state index contributed by atoms with van der Waals surface area (Å²) in [5.74, 6) is 0.542. The van der Waals surface area contributed by atoms with Gasteiger partial charge in [0.25, 0.3) is 0 Å². The van der Waals surface area contributed by atoms with E-state index in [9.17, 15) is 4.79 Å². The highest BCUT2D eigenvalue weighted by Gasteiger charge is 2.06. The maximum atomic E-state index is 12.1. The predicted octanol–water partition coefficient (Wildman–Crippen LogP) is 4.65. The van der Waals surface area contributed by atoms with Crippen molar-refractivity contribution in [3.05, 3.63) is 65.2 Å². The van der Waals surface area contributed by atoms with Crippen LogP contribution in [-0.2, 0) is 4.79 Å². The van der Waals surface area contributed by atoms with Crippen LogP contribution in [-0.4, -0.2) is 19.1 Å². The molecule has 0 aliphatic carbocycles. The lowest BCUT2D eigenvalue weighted by molar-refractivity contribution is -0.114. The van der Waals surface area contributed by atoms with Crippen molar-refractivity contribution in [2.24, 2.45) is 0 Å². The fourth-order valence-electron chi connectivity index (χ4n) is 2.05. The molecule has 0 spiro atoms. The van der Waals surface area contributed by atoms with Gasteiger partial charge >= 0.3 is 0 Å². The van der Waals surface area contributed by atoms with Crippen molar-refractivity contribution in [1.29, 1.82) is 0 Å². The van der Waals surface area contributed by atoms with Crippen LogP contribution in [0.5, 0.6) is 5.75 Å². The number of carbonyl (C=O) groups excluding carboxylic acids is 1. The molecule has 0 radical (unpaired) electrons. The molecule has 2 aromatic rings. The zero-order valence-electron chi connectivity index (χ0n) is 13.9. The number of rotatable bonds is 7. The van der Waals surface area contributed by atoms with Crippen molar-refractivity contribution in [1.82, 2.24) is 0 Å². The second-order valence-electron chi connectivity index (χ2n) is 5.59. The van der Waals surface area contributed by atoms with Crippen LogP contribution >= 0.6 is 11.6 Å². The molecule has 5 heteroatoms. The van der Waals surface area contributed by atoms with Crippen LogP contribution in [0.1, 0.15) is 12.5 Å². The number of benzene rings is 2. The highest BCUT2D eigenvalue weighted by molar-refractivity contribution is 6.31. The Balaban J connectivity index is 1.91. The van der Waals surface area contributed by atoms with Crippen molar-refractivity contribution in [2.45, 2.75) is 13.8 Å². The minimum atomic E-state index is -0.147. The minimum Gasteiger partial charge on any atom is -0.489 e. The molecule has 0 atom stereocenters. The van der Waals surface area contributed by atoms with Crippen molar-refractivity contribution in [3.8, 4) is 5.75 Å². The van der Waals surface area contributed by atoms with Crippen molar-refractivity contribution < 1.29 is 9.53 Å². The fraction of sp³-hybridized carbons (Fsp3) is 0.211. The van der Waals surface area contributed by atoms with Gasteiger partial charge in [0.15, 0.2) is 0 Å². The van der Waals surface area contributed by atoms with Crippen molar-refractivity contribution in [3.63, 3.8) is 0 Å². The first-order valence-electron chi connectivity index (χ1n) is 7.62. The van der Waals surface area contributed by atoms with Crippen LogP contribution in [0.3, 0.4) is 0 Å². The molecule has 0 aromatic heterocycles. The molecule has 1 amide bonds. The van der Waals surface area contributed by atoms with Crippen LogP contribution in [0.15, 0.2) is 54.6 Å². The Kier molecular flexibility index (Phi) is 6.27. The Hall–Kier alpha value is -2.46. The zero-order chi connectivity index (χ0) is 17.5. The van der Waals surface area contributed by atoms with Crippen LogP contribution in [0.4, 0.5) is 11.4 Å². The molecule has 2 rings (SSSR count). The maximum absolute atomic E-state index is 12.1. The monoisotopic (exact) mass is 344 g/mol. The van der Waals surface area contributed by atoms with E-state index >= 15 is 0 Å². The molecule has 0 saturated carbocycles. The topological polar surface area (TPSA) is 50.4 Å². The average Bonchev–Trinajstić information content (AvgIpc) is 2.55. The molecule has 126 valence electrons. The second-order valence-corrected chi connectivity index (χ2v) is 5.99. The third-order valence-electron chi connectivity index (χ3n) is 3.31. The minimum absolute atomic E-state index is 0.147. The largest absolute Gasteiger partial charge is 0.489 e. The molecule has 2 aromatic carbocycles. The Bertz CT molecular complexity index is 744. The first-order valence-corrected chi connectivity index (χ1v) is 7.99. The first kappa shape index (κ1) is 17.9. The summed E-state index contributed by atoms with van der Waals surface area (Å²) >= 11 is 6.07. The second kappa shape index (κ2) is 8.41. The van der Waals surface area contributed by atoms with E-state index in [1.807, 2.05) is 50.2 Å². The number of hydrogen-bond donors (Lipinski definition) is 2. The van der Waals surface area contributed by atoms with Gasteiger partial charge < -0.3 is 15.4 Å². The number of ether oxygens (including phenoxy) is 1. The van der Waals surface area contributed by atoms with E-state index in [0.717, 1.165) is 16.8 Å². The van der Waals surface area contributed by atoms with Crippen molar-refractivity contribution >= 4 is 28.9 Å². The van der Waals surface area contributed by atoms with Crippen LogP contribution in [0.25, 0.3) is 0 Å². The van der Waals surface area contributed by atoms with Gasteiger partial charge in [0.1, 0.15) is 12.4 Å². The normalized spacial score (nSPS) is 10.1. The fourth-order valence-corrected chi connectivity index (χ4v) is 2.22. The quantitative estimate of drug-likeness (QED) is 0.718. The highest BCUT2D eigenvalue weighted by atomic mass is 35.5. The summed E-state index contributed by atoms with van der Waals surface area (Å²) in [7, 11) is 0. The van der Waals surface area contributed by atoms with E-state index in [-0.39, 0.29) is 12.5 Å². The summed E-state index contributed by atoms with van der Waals surface area (Å²) in [5, 5.41) is 6.60. The average molecular weight is 345 g/mol. The van der Waals surface area contributed by atoms with E-state index in [1.165, 1.54) is 0 Å². The van der Waals surface area contributed by atoms with Crippen LogP contribution in [0.2, 0.25) is 5.02 Å². The zero-order valence-corrected chi connectivity index (χ0v) is 14.6. The molecule has 0 aliphatic rings. The lowest BCUT2D eigenvalue weighted by Crippen LogP contribution is -2.22. The lowest BCUT2D eigenvalue weighted by Gasteiger charge is -2.12. The van der Waals surface area contributed by atoms with Crippen LogP contribution in [0, 0.1) is 6.92 Å². The Morgan fingerprint density at radius 3 is 2.75 bits per heavy atom. The number of nitrogens with one attached hydrogen (secondary N) is 2. The summed E-state index contributed by atoms with van der Waals surface area (Å²) < 4.78 is 5.57. The van der Waals surface area contributed by atoms with Gasteiger partial charge in [-0.15, -0.1) is 0 Å². The smallest absolute Gasteiger partial charge is 0.243 e. The van der Waals surface area contributed by atoms with Crippen molar-refractivity contribution in [2.75, 3.05) is 23.8 Å². The molecule has 2 N–H and O–H groups in total. The van der Waals surface area contributed by atoms with Crippen LogP contribution < -0.4 is 15.4 Å². The third kappa shape index (κ3) is 5.32. The van der Waals surface area contributed by atoms with Gasteiger partial charge in [-0.1, -0.05) is 30.3 Å². The summed E-state index contributed by atoms with van der Waals surface area (Å²) in [6.45, 7) is 8.20. The number of amides is 1. The Labute approximate surface area is 147 Å². The van der Waals surface area contributed by atoms with Gasteiger partial charge in [0.05, 0.1) is 6.54 Å². The van der Waals surface area contributed by atoms with E-state index < -0.39 is 0 Å². The maximum Gasteiger partial charge on any atom is 0.243 e. The predicted molar refractivity (Wildman–Crippen MR) is 100 cm³/mol. The molecule has 4 nitrogen and oxygen atoms in total. The van der Waals surface area contributed by atoms with Gasteiger partial charge in [-0.3, -0.25) is 4.79 Å². The Morgan fingerprint density at radius 2 is 2.00 bits per heavy atom. The van der Waals surface area contributed by atoms with E-state index in [0.29, 0.717) is 23.1 Å². The van der Waals surface area contributed by atoms with Gasteiger partial charge in [-0.2, -0.15) is 0 Å². The summed E-state index contributed by atoms with van der Waals surface area (Å²) in [6.07, 6.45) is 0. The first-order chi connectivity index (χ1) is 11.5. The standard InChI is InChI=1S/C19H21ClN2O2/c1-13(2)12-24-16-7-4-6-15(10-16)22-19(23)11-21-18-9-5-8-17(20)14(18)3/h4-10,21H,1,11-12H2,2-3H3,(H,22,23). The molecule has 0 heterocycles. The molecule has 0 fully saturated rings. The lowest BCUT2D eigenvalue weighted by atomic mass is 10.2. The number of halogens is 1. The molecular formula is C19H21ClN2O2. The molecule has 0 unspecified atom stereocenters. The SMILES string of the molecule is C=C(C)COc1cccc(NC(=O)CNc2cccc(Cl)c2C)c1. The summed E-state index contributed by atoms with van der Waals surface area (Å²) in [6, 6.07) is 12.8. The molecule has 0 aliphatic heterocycles. The van der Waals surface area contributed by atoms with Gasteiger partial charge in [0.2, 0.25) is 5.91 Å².